The molecule has 0 amide bonds. The lowest BCUT2D eigenvalue weighted by Crippen LogP contribution is -2.52. The van der Waals surface area contributed by atoms with Gasteiger partial charge in [-0.05, 0) is 33.2 Å². The van der Waals surface area contributed by atoms with E-state index in [1.807, 2.05) is 0 Å². The highest BCUT2D eigenvalue weighted by Gasteiger charge is 2.28. The molecule has 0 spiro atoms. The van der Waals surface area contributed by atoms with Crippen molar-refractivity contribution in [3.8, 4) is 0 Å². The van der Waals surface area contributed by atoms with E-state index in [1.54, 1.807) is 0 Å². The molecule has 0 aromatic rings. The molecule has 3 nitrogen and oxygen atoms in total. The van der Waals surface area contributed by atoms with Crippen LogP contribution in [0.5, 0.6) is 0 Å². The summed E-state index contributed by atoms with van der Waals surface area (Å²) in [5.41, 5.74) is 0. The Morgan fingerprint density at radius 2 is 2.11 bits per heavy atom. The Labute approximate surface area is 120 Å². The third-order valence-corrected chi connectivity index (χ3v) is 5.01. The first-order valence-corrected chi connectivity index (χ1v) is 8.48. The molecular formula is C14H27BrN2O. The van der Waals surface area contributed by atoms with Crippen LogP contribution in [0.1, 0.15) is 33.1 Å². The summed E-state index contributed by atoms with van der Waals surface area (Å²) in [6, 6.07) is 1.36. The lowest BCUT2D eigenvalue weighted by molar-refractivity contribution is -0.0585. The minimum Gasteiger partial charge on any atom is -0.374 e. The fourth-order valence-electron chi connectivity index (χ4n) is 3.06. The number of nitrogens with zero attached hydrogens (tertiary/aromatic N) is 2. The summed E-state index contributed by atoms with van der Waals surface area (Å²) in [6.45, 7) is 10.0. The molecule has 0 radical (unpaired) electrons. The smallest absolute Gasteiger partial charge is 0.0829 e. The minimum absolute atomic E-state index is 0.404. The van der Waals surface area contributed by atoms with E-state index in [0.717, 1.165) is 37.6 Å². The minimum atomic E-state index is 0.404. The topological polar surface area (TPSA) is 15.7 Å². The molecule has 0 bridgehead atoms. The first-order chi connectivity index (χ1) is 8.70. The van der Waals surface area contributed by atoms with Crippen molar-refractivity contribution in [2.75, 3.05) is 38.1 Å². The second-order valence-electron chi connectivity index (χ2n) is 5.88. The maximum absolute atomic E-state index is 5.96. The van der Waals surface area contributed by atoms with Crippen LogP contribution >= 0.6 is 15.9 Å². The maximum Gasteiger partial charge on any atom is 0.0829 e. The third kappa shape index (κ3) is 3.92. The number of hydrogen-bond acceptors (Lipinski definition) is 3. The zero-order valence-corrected chi connectivity index (χ0v) is 13.4. The summed E-state index contributed by atoms with van der Waals surface area (Å²) in [5, 5.41) is 1.10. The Hall–Kier alpha value is 0.360. The van der Waals surface area contributed by atoms with Gasteiger partial charge in [0.2, 0.25) is 0 Å². The number of piperidine rings is 1. The summed E-state index contributed by atoms with van der Waals surface area (Å²) < 4.78 is 5.96. The van der Waals surface area contributed by atoms with Gasteiger partial charge in [-0.3, -0.25) is 9.80 Å². The normalized spacial score (nSPS) is 32.0. The van der Waals surface area contributed by atoms with E-state index in [-0.39, 0.29) is 0 Å². The lowest BCUT2D eigenvalue weighted by Gasteiger charge is -2.41. The molecule has 2 aliphatic rings. The largest absolute Gasteiger partial charge is 0.374 e. The molecule has 2 saturated heterocycles. The molecule has 0 saturated carbocycles. The van der Waals surface area contributed by atoms with E-state index < -0.39 is 0 Å². The Morgan fingerprint density at radius 3 is 2.83 bits per heavy atom. The molecule has 0 N–H and O–H groups in total. The molecule has 0 aromatic carbocycles. The van der Waals surface area contributed by atoms with Crippen molar-refractivity contribution >= 4 is 15.9 Å². The van der Waals surface area contributed by atoms with Gasteiger partial charge in [-0.1, -0.05) is 22.4 Å². The summed E-state index contributed by atoms with van der Waals surface area (Å²) in [5.74, 6) is 0. The second kappa shape index (κ2) is 7.22. The molecule has 0 aromatic heterocycles. The van der Waals surface area contributed by atoms with E-state index in [2.05, 4.69) is 39.6 Å². The first-order valence-electron chi connectivity index (χ1n) is 7.36. The van der Waals surface area contributed by atoms with Crippen LogP contribution in [0.15, 0.2) is 0 Å². The number of rotatable bonds is 4. The highest BCUT2D eigenvalue weighted by molar-refractivity contribution is 9.09. The average molecular weight is 319 g/mol. The van der Waals surface area contributed by atoms with E-state index >= 15 is 0 Å². The predicted molar refractivity (Wildman–Crippen MR) is 79.5 cm³/mol. The van der Waals surface area contributed by atoms with Gasteiger partial charge >= 0.3 is 0 Å². The van der Waals surface area contributed by atoms with Gasteiger partial charge in [0.1, 0.15) is 0 Å². The highest BCUT2D eigenvalue weighted by Crippen LogP contribution is 2.20. The van der Waals surface area contributed by atoms with Crippen LogP contribution < -0.4 is 0 Å². The lowest BCUT2D eigenvalue weighted by atomic mass is 10.0. The zero-order chi connectivity index (χ0) is 13.0. The van der Waals surface area contributed by atoms with Gasteiger partial charge in [0, 0.05) is 37.0 Å². The average Bonchev–Trinajstić information content (AvgIpc) is 2.39. The number of likely N-dealkylation sites (tertiary alicyclic amines) is 1. The molecule has 4 heteroatoms. The summed E-state index contributed by atoms with van der Waals surface area (Å²) >= 11 is 3.66. The molecule has 106 valence electrons. The van der Waals surface area contributed by atoms with Gasteiger partial charge in [0.05, 0.1) is 12.7 Å². The molecule has 2 unspecified atom stereocenters. The van der Waals surface area contributed by atoms with Crippen LogP contribution in [0.25, 0.3) is 0 Å². The van der Waals surface area contributed by atoms with Gasteiger partial charge in [0.25, 0.3) is 0 Å². The quantitative estimate of drug-likeness (QED) is 0.740. The standard InChI is InChI=1S/C14H27BrN2O/c1-12(2)16-7-8-18-14(10-16)11-17-6-4-3-5-13(17)9-15/h12-14H,3-11H2,1-2H3. The van der Waals surface area contributed by atoms with E-state index in [9.17, 15) is 0 Å². The van der Waals surface area contributed by atoms with Gasteiger partial charge < -0.3 is 4.74 Å². The van der Waals surface area contributed by atoms with Crippen LogP contribution in [0, 0.1) is 0 Å². The second-order valence-corrected chi connectivity index (χ2v) is 6.53. The van der Waals surface area contributed by atoms with Gasteiger partial charge in [-0.2, -0.15) is 0 Å². The van der Waals surface area contributed by atoms with Crippen LogP contribution in [0.3, 0.4) is 0 Å². The van der Waals surface area contributed by atoms with Crippen molar-refractivity contribution in [2.45, 2.75) is 51.3 Å². The molecule has 2 aliphatic heterocycles. The fraction of sp³-hybridized carbons (Fsp3) is 1.00. The molecule has 18 heavy (non-hydrogen) atoms. The van der Waals surface area contributed by atoms with Crippen molar-refractivity contribution in [1.29, 1.82) is 0 Å². The Bertz CT molecular complexity index is 250. The van der Waals surface area contributed by atoms with E-state index in [4.69, 9.17) is 4.74 Å². The first kappa shape index (κ1) is 14.8. The van der Waals surface area contributed by atoms with Crippen molar-refractivity contribution in [1.82, 2.24) is 9.80 Å². The van der Waals surface area contributed by atoms with Gasteiger partial charge in [0.15, 0.2) is 0 Å². The van der Waals surface area contributed by atoms with E-state index in [0.29, 0.717) is 12.1 Å². The Balaban J connectivity index is 1.84. The number of ether oxygens (including phenoxy) is 1. The zero-order valence-electron chi connectivity index (χ0n) is 11.8. The van der Waals surface area contributed by atoms with Crippen molar-refractivity contribution in [3.63, 3.8) is 0 Å². The monoisotopic (exact) mass is 318 g/mol. The maximum atomic E-state index is 5.96. The van der Waals surface area contributed by atoms with Crippen molar-refractivity contribution < 1.29 is 4.74 Å². The van der Waals surface area contributed by atoms with Crippen LogP contribution in [-0.2, 0) is 4.74 Å². The SMILES string of the molecule is CC(C)N1CCOC(CN2CCCCC2CBr)C1. The molecular weight excluding hydrogens is 292 g/mol. The van der Waals surface area contributed by atoms with Crippen molar-refractivity contribution in [2.24, 2.45) is 0 Å². The Morgan fingerprint density at radius 1 is 1.28 bits per heavy atom. The fourth-order valence-corrected chi connectivity index (χ4v) is 3.79. The predicted octanol–water partition coefficient (Wildman–Crippen LogP) is 2.34. The molecule has 2 heterocycles. The van der Waals surface area contributed by atoms with Crippen LogP contribution in [0.2, 0.25) is 0 Å². The number of alkyl halides is 1. The third-order valence-electron chi connectivity index (χ3n) is 4.27. The summed E-state index contributed by atoms with van der Waals surface area (Å²) in [6.07, 6.45) is 4.48. The van der Waals surface area contributed by atoms with E-state index in [1.165, 1.54) is 25.8 Å². The summed E-state index contributed by atoms with van der Waals surface area (Å²) in [4.78, 5) is 5.17. The highest BCUT2D eigenvalue weighted by atomic mass is 79.9. The Kier molecular flexibility index (Phi) is 5.93. The number of halogens is 1. The van der Waals surface area contributed by atoms with Gasteiger partial charge in [-0.15, -0.1) is 0 Å². The molecule has 2 atom stereocenters. The van der Waals surface area contributed by atoms with Crippen LogP contribution in [0.4, 0.5) is 0 Å². The van der Waals surface area contributed by atoms with Crippen molar-refractivity contribution in [3.05, 3.63) is 0 Å². The number of hydrogen-bond donors (Lipinski definition) is 0. The number of morpholine rings is 1. The van der Waals surface area contributed by atoms with Gasteiger partial charge in [-0.25, -0.2) is 0 Å². The summed E-state index contributed by atoms with van der Waals surface area (Å²) in [7, 11) is 0. The molecule has 2 rings (SSSR count). The molecule has 0 aliphatic carbocycles. The van der Waals surface area contributed by atoms with Crippen LogP contribution in [-0.4, -0.2) is 66.1 Å². The molecule has 2 fully saturated rings.